The Balaban J connectivity index is 1.34. The first-order chi connectivity index (χ1) is 15.5. The maximum absolute atomic E-state index is 13.0. The van der Waals surface area contributed by atoms with Gasteiger partial charge in [0.15, 0.2) is 0 Å². The number of aryl methyl sites for hydroxylation is 1. The number of nitrogens with one attached hydrogen (secondary N) is 1. The molecule has 2 fully saturated rings. The van der Waals surface area contributed by atoms with E-state index in [0.29, 0.717) is 6.54 Å². The summed E-state index contributed by atoms with van der Waals surface area (Å²) < 4.78 is 2.00. The zero-order chi connectivity index (χ0) is 22.5. The molecule has 172 valence electrons. The topological polar surface area (TPSA) is 70.5 Å². The molecule has 0 radical (unpaired) electrons. The molecule has 1 aromatic heterocycles. The van der Waals surface area contributed by atoms with Crippen molar-refractivity contribution in [1.82, 2.24) is 24.9 Å². The number of rotatable bonds is 7. The summed E-state index contributed by atoms with van der Waals surface area (Å²) >= 11 is 0. The number of benzene rings is 1. The van der Waals surface area contributed by atoms with Crippen molar-refractivity contribution in [2.75, 3.05) is 26.2 Å². The van der Waals surface area contributed by atoms with E-state index in [1.165, 1.54) is 5.56 Å². The third-order valence-electron chi connectivity index (χ3n) is 6.83. The maximum Gasteiger partial charge on any atom is 0.239 e. The predicted octanol–water partition coefficient (Wildman–Crippen LogP) is 2.64. The monoisotopic (exact) mass is 437 g/mol. The lowest BCUT2D eigenvalue weighted by atomic mass is 10.0. The summed E-state index contributed by atoms with van der Waals surface area (Å²) in [6.07, 6.45) is 5.14. The number of piperidine rings is 1. The van der Waals surface area contributed by atoms with Crippen LogP contribution in [0.25, 0.3) is 0 Å². The molecule has 0 aliphatic carbocycles. The van der Waals surface area contributed by atoms with Crippen LogP contribution in [-0.4, -0.2) is 63.6 Å². The van der Waals surface area contributed by atoms with Crippen LogP contribution in [0.2, 0.25) is 0 Å². The lowest BCUT2D eigenvalue weighted by Gasteiger charge is -2.36. The van der Waals surface area contributed by atoms with Gasteiger partial charge in [0.25, 0.3) is 0 Å². The second kappa shape index (κ2) is 10.3. The highest BCUT2D eigenvalue weighted by molar-refractivity contribution is 5.84. The summed E-state index contributed by atoms with van der Waals surface area (Å²) in [6.45, 7) is 8.04. The first-order valence-electron chi connectivity index (χ1n) is 11.9. The molecule has 1 aromatic carbocycles. The molecule has 2 amide bonds. The molecule has 7 heteroatoms. The Kier molecular flexibility index (Phi) is 7.25. The average molecular weight is 438 g/mol. The molecule has 0 bridgehead atoms. The van der Waals surface area contributed by atoms with E-state index < -0.39 is 0 Å². The third kappa shape index (κ3) is 5.21. The minimum absolute atomic E-state index is 0.0271. The van der Waals surface area contributed by atoms with E-state index in [1.807, 2.05) is 34.7 Å². The summed E-state index contributed by atoms with van der Waals surface area (Å²) in [5, 5.41) is 7.76. The van der Waals surface area contributed by atoms with Gasteiger partial charge in [-0.15, -0.1) is 0 Å². The third-order valence-corrected chi connectivity index (χ3v) is 6.83. The van der Waals surface area contributed by atoms with Gasteiger partial charge in [0.2, 0.25) is 11.8 Å². The lowest BCUT2D eigenvalue weighted by Crippen LogP contribution is -2.52. The molecule has 32 heavy (non-hydrogen) atoms. The highest BCUT2D eigenvalue weighted by Crippen LogP contribution is 2.21. The molecular formula is C25H35N5O2. The number of hydrogen-bond donors (Lipinski definition) is 1. The van der Waals surface area contributed by atoms with Gasteiger partial charge in [0, 0.05) is 30.9 Å². The van der Waals surface area contributed by atoms with Crippen LogP contribution in [-0.2, 0) is 22.7 Å². The van der Waals surface area contributed by atoms with Crippen LogP contribution in [0.5, 0.6) is 0 Å². The van der Waals surface area contributed by atoms with Crippen LogP contribution in [0.1, 0.15) is 54.6 Å². The summed E-state index contributed by atoms with van der Waals surface area (Å²) in [5.74, 6) is 0.185. The average Bonchev–Trinajstić information content (AvgIpc) is 3.42. The SMILES string of the molecule is Cc1nn(Cc2ccccc2)c(C)c1CNC(=O)CN1CCCCC1C(=O)N1CCCC1. The molecule has 0 saturated carbocycles. The smallest absolute Gasteiger partial charge is 0.239 e. The standard InChI is InChI=1S/C25H35N5O2/c1-19-22(20(2)30(27-19)17-21-10-4-3-5-11-21)16-26-24(31)18-29-15-7-6-12-23(29)25(32)28-13-8-9-14-28/h3-5,10-11,23H,6-9,12-18H2,1-2H3,(H,26,31). The zero-order valence-electron chi connectivity index (χ0n) is 19.3. The van der Waals surface area contributed by atoms with Crippen LogP contribution in [0.15, 0.2) is 30.3 Å². The Bertz CT molecular complexity index is 933. The Morgan fingerprint density at radius 2 is 1.75 bits per heavy atom. The second-order valence-corrected chi connectivity index (χ2v) is 9.08. The van der Waals surface area contributed by atoms with Crippen LogP contribution in [0, 0.1) is 13.8 Å². The summed E-state index contributed by atoms with van der Waals surface area (Å²) in [7, 11) is 0. The number of carbonyl (C=O) groups excluding carboxylic acids is 2. The van der Waals surface area contributed by atoms with Crippen molar-refractivity contribution in [1.29, 1.82) is 0 Å². The minimum atomic E-state index is -0.148. The van der Waals surface area contributed by atoms with E-state index in [-0.39, 0.29) is 24.4 Å². The van der Waals surface area contributed by atoms with E-state index in [1.54, 1.807) is 0 Å². The van der Waals surface area contributed by atoms with Crippen molar-refractivity contribution in [3.63, 3.8) is 0 Å². The molecule has 3 heterocycles. The van der Waals surface area contributed by atoms with Gasteiger partial charge in [-0.1, -0.05) is 36.8 Å². The first-order valence-corrected chi connectivity index (χ1v) is 11.9. The fourth-order valence-corrected chi connectivity index (χ4v) is 4.94. The fourth-order valence-electron chi connectivity index (χ4n) is 4.94. The number of amides is 2. The number of carbonyl (C=O) groups is 2. The highest BCUT2D eigenvalue weighted by Gasteiger charge is 2.33. The Hall–Kier alpha value is -2.67. The minimum Gasteiger partial charge on any atom is -0.351 e. The Morgan fingerprint density at radius 1 is 1.03 bits per heavy atom. The molecule has 7 nitrogen and oxygen atoms in total. The molecule has 2 aliphatic rings. The molecule has 4 rings (SSSR count). The van der Waals surface area contributed by atoms with E-state index >= 15 is 0 Å². The van der Waals surface area contributed by atoms with Gasteiger partial charge in [-0.05, 0) is 51.6 Å². The molecule has 1 unspecified atom stereocenters. The highest BCUT2D eigenvalue weighted by atomic mass is 16.2. The second-order valence-electron chi connectivity index (χ2n) is 9.08. The molecule has 1 N–H and O–H groups in total. The van der Waals surface area contributed by atoms with E-state index in [0.717, 1.165) is 75.2 Å². The molecule has 1 atom stereocenters. The van der Waals surface area contributed by atoms with E-state index in [2.05, 4.69) is 34.4 Å². The number of aromatic nitrogens is 2. The molecule has 2 aliphatic heterocycles. The van der Waals surface area contributed by atoms with Crippen molar-refractivity contribution >= 4 is 11.8 Å². The fraction of sp³-hybridized carbons (Fsp3) is 0.560. The lowest BCUT2D eigenvalue weighted by molar-refractivity contribution is -0.138. The molecule has 2 aromatic rings. The van der Waals surface area contributed by atoms with Gasteiger partial charge in [-0.25, -0.2) is 0 Å². The molecule has 2 saturated heterocycles. The summed E-state index contributed by atoms with van der Waals surface area (Å²) in [6, 6.07) is 10.1. The largest absolute Gasteiger partial charge is 0.351 e. The van der Waals surface area contributed by atoms with Gasteiger partial charge in [0.05, 0.1) is 24.8 Å². The summed E-state index contributed by atoms with van der Waals surface area (Å²) in [4.78, 5) is 29.8. The van der Waals surface area contributed by atoms with Crippen molar-refractivity contribution < 1.29 is 9.59 Å². The van der Waals surface area contributed by atoms with Gasteiger partial charge in [-0.3, -0.25) is 19.2 Å². The summed E-state index contributed by atoms with van der Waals surface area (Å²) in [5.41, 5.74) is 4.29. The van der Waals surface area contributed by atoms with Gasteiger partial charge >= 0.3 is 0 Å². The number of hydrogen-bond acceptors (Lipinski definition) is 4. The molecular weight excluding hydrogens is 402 g/mol. The van der Waals surface area contributed by atoms with Crippen molar-refractivity contribution in [2.24, 2.45) is 0 Å². The van der Waals surface area contributed by atoms with Gasteiger partial charge in [-0.2, -0.15) is 5.10 Å². The van der Waals surface area contributed by atoms with Crippen molar-refractivity contribution in [3.8, 4) is 0 Å². The number of nitrogens with zero attached hydrogens (tertiary/aromatic N) is 4. The van der Waals surface area contributed by atoms with Crippen LogP contribution in [0.4, 0.5) is 0 Å². The van der Waals surface area contributed by atoms with Crippen molar-refractivity contribution in [2.45, 2.75) is 65.1 Å². The van der Waals surface area contributed by atoms with E-state index in [9.17, 15) is 9.59 Å². The van der Waals surface area contributed by atoms with Crippen LogP contribution < -0.4 is 5.32 Å². The van der Waals surface area contributed by atoms with Crippen LogP contribution in [0.3, 0.4) is 0 Å². The molecule has 0 spiro atoms. The Labute approximate surface area is 190 Å². The van der Waals surface area contributed by atoms with E-state index in [4.69, 9.17) is 0 Å². The van der Waals surface area contributed by atoms with Crippen molar-refractivity contribution in [3.05, 3.63) is 52.8 Å². The number of likely N-dealkylation sites (tertiary alicyclic amines) is 2. The predicted molar refractivity (Wildman–Crippen MR) is 124 cm³/mol. The van der Waals surface area contributed by atoms with Gasteiger partial charge in [0.1, 0.15) is 0 Å². The van der Waals surface area contributed by atoms with Gasteiger partial charge < -0.3 is 10.2 Å². The Morgan fingerprint density at radius 3 is 2.50 bits per heavy atom. The van der Waals surface area contributed by atoms with Crippen LogP contribution >= 0.6 is 0 Å². The zero-order valence-corrected chi connectivity index (χ0v) is 19.3. The quantitative estimate of drug-likeness (QED) is 0.723. The normalized spacial score (nSPS) is 19.3. The first kappa shape index (κ1) is 22.5. The maximum atomic E-state index is 13.0.